The van der Waals surface area contributed by atoms with E-state index in [9.17, 15) is 9.59 Å². The van der Waals surface area contributed by atoms with Crippen molar-refractivity contribution in [2.45, 2.75) is 12.6 Å². The van der Waals surface area contributed by atoms with Crippen molar-refractivity contribution in [3.05, 3.63) is 71.1 Å². The molecule has 1 fully saturated rings. The topological polar surface area (TPSA) is 83.4 Å². The molecule has 0 aliphatic carbocycles. The number of nitrogens with zero attached hydrogens (tertiary/aromatic N) is 5. The van der Waals surface area contributed by atoms with E-state index in [1.165, 1.54) is 0 Å². The van der Waals surface area contributed by atoms with Gasteiger partial charge < -0.3 is 15.1 Å². The molecule has 3 aromatic rings. The molecule has 0 bridgehead atoms. The smallest absolute Gasteiger partial charge is 0.255 e. The van der Waals surface area contributed by atoms with Crippen LogP contribution in [0.4, 0.5) is 11.5 Å². The number of hydrogen-bond acceptors (Lipinski definition) is 5. The molecule has 2 aromatic heterocycles. The minimum Gasteiger partial charge on any atom is -0.359 e. The third-order valence-corrected chi connectivity index (χ3v) is 5.67. The first-order valence-corrected chi connectivity index (χ1v) is 10.0. The second-order valence-corrected chi connectivity index (χ2v) is 7.84. The lowest BCUT2D eigenvalue weighted by Crippen LogP contribution is -2.51. The van der Waals surface area contributed by atoms with Crippen molar-refractivity contribution in [3.8, 4) is 0 Å². The number of likely N-dealkylation sites (tertiary alicyclic amines) is 1. The van der Waals surface area contributed by atoms with Crippen LogP contribution in [-0.2, 0) is 11.3 Å². The second-order valence-electron chi connectivity index (χ2n) is 7.40. The molecule has 0 radical (unpaired) electrons. The highest BCUT2D eigenvalue weighted by Crippen LogP contribution is 2.31. The van der Waals surface area contributed by atoms with Crippen LogP contribution >= 0.6 is 11.6 Å². The molecular formula is C21H19ClN6O2. The van der Waals surface area contributed by atoms with Crippen molar-refractivity contribution in [2.75, 3.05) is 29.9 Å². The van der Waals surface area contributed by atoms with Gasteiger partial charge in [0.25, 0.3) is 5.91 Å². The van der Waals surface area contributed by atoms with E-state index in [2.05, 4.69) is 15.4 Å². The lowest BCUT2D eigenvalue weighted by molar-refractivity contribution is -0.117. The summed E-state index contributed by atoms with van der Waals surface area (Å²) in [5.41, 5.74) is 2.02. The Morgan fingerprint density at radius 2 is 2.03 bits per heavy atom. The molecule has 2 amide bonds. The van der Waals surface area contributed by atoms with Gasteiger partial charge in [-0.3, -0.25) is 14.3 Å². The molecule has 1 saturated heterocycles. The Morgan fingerprint density at radius 1 is 1.23 bits per heavy atom. The van der Waals surface area contributed by atoms with Crippen molar-refractivity contribution in [1.29, 1.82) is 0 Å². The predicted molar refractivity (Wildman–Crippen MR) is 113 cm³/mol. The fourth-order valence-electron chi connectivity index (χ4n) is 3.71. The van der Waals surface area contributed by atoms with Gasteiger partial charge in [-0.05, 0) is 29.8 Å². The number of carbonyl (C=O) groups excluding carboxylic acids is 2. The number of halogens is 1. The molecule has 30 heavy (non-hydrogen) atoms. The lowest BCUT2D eigenvalue weighted by atomic mass is 10.1. The summed E-state index contributed by atoms with van der Waals surface area (Å²) in [5.74, 6) is 0.419. The van der Waals surface area contributed by atoms with Crippen molar-refractivity contribution in [3.63, 3.8) is 0 Å². The predicted octanol–water partition coefficient (Wildman–Crippen LogP) is 2.59. The van der Waals surface area contributed by atoms with Gasteiger partial charge in [0.05, 0.1) is 30.4 Å². The Labute approximate surface area is 178 Å². The highest BCUT2D eigenvalue weighted by molar-refractivity contribution is 6.30. The number of fused-ring (bicyclic) bond motifs is 1. The minimum absolute atomic E-state index is 0.0773. The summed E-state index contributed by atoms with van der Waals surface area (Å²) < 4.78 is 1.87. The monoisotopic (exact) mass is 422 g/mol. The molecule has 4 heterocycles. The van der Waals surface area contributed by atoms with Gasteiger partial charge in [0.2, 0.25) is 5.91 Å². The third kappa shape index (κ3) is 3.39. The maximum Gasteiger partial charge on any atom is 0.255 e. The van der Waals surface area contributed by atoms with Gasteiger partial charge in [0.1, 0.15) is 0 Å². The Morgan fingerprint density at radius 3 is 2.77 bits per heavy atom. The number of hydrogen-bond donors (Lipinski definition) is 1. The molecule has 2 aliphatic heterocycles. The van der Waals surface area contributed by atoms with E-state index in [1.54, 1.807) is 40.4 Å². The number of anilines is 2. The zero-order valence-corrected chi connectivity index (χ0v) is 16.8. The zero-order chi connectivity index (χ0) is 20.7. The normalized spacial score (nSPS) is 16.1. The van der Waals surface area contributed by atoms with Gasteiger partial charge in [-0.1, -0.05) is 23.7 Å². The molecule has 8 nitrogen and oxygen atoms in total. The molecule has 9 heteroatoms. The van der Waals surface area contributed by atoms with Crippen LogP contribution in [0.5, 0.6) is 0 Å². The number of carbonyl (C=O) groups is 2. The lowest BCUT2D eigenvalue weighted by Gasteiger charge is -2.39. The van der Waals surface area contributed by atoms with Crippen LogP contribution in [0.1, 0.15) is 22.0 Å². The summed E-state index contributed by atoms with van der Waals surface area (Å²) in [6.07, 6.45) is 5.20. The summed E-state index contributed by atoms with van der Waals surface area (Å²) in [4.78, 5) is 33.3. The van der Waals surface area contributed by atoms with Crippen LogP contribution in [0.25, 0.3) is 0 Å². The molecular weight excluding hydrogens is 404 g/mol. The quantitative estimate of drug-likeness (QED) is 0.698. The average Bonchev–Trinajstić information content (AvgIpc) is 3.24. The van der Waals surface area contributed by atoms with E-state index in [4.69, 9.17) is 11.6 Å². The molecule has 5 rings (SSSR count). The standard InChI is InChI=1S/C21H19ClN6O2/c22-16-4-2-14(3-5-16)11-27-18-8-15(9-23-20(18)24-10-19(27)29)21(30)26-12-17(13-26)28-7-1-6-25-28/h1-9,17H,10-13H2,(H,23,24). The van der Waals surface area contributed by atoms with Gasteiger partial charge in [0, 0.05) is 36.7 Å². The van der Waals surface area contributed by atoms with E-state index < -0.39 is 0 Å². The van der Waals surface area contributed by atoms with Crippen molar-refractivity contribution < 1.29 is 9.59 Å². The summed E-state index contributed by atoms with van der Waals surface area (Å²) in [6.45, 7) is 1.75. The molecule has 0 spiro atoms. The molecule has 0 saturated carbocycles. The minimum atomic E-state index is -0.0989. The van der Waals surface area contributed by atoms with Crippen LogP contribution in [0.3, 0.4) is 0 Å². The molecule has 152 valence electrons. The van der Waals surface area contributed by atoms with Crippen molar-refractivity contribution in [1.82, 2.24) is 19.7 Å². The van der Waals surface area contributed by atoms with E-state index in [1.807, 2.05) is 29.1 Å². The second kappa shape index (κ2) is 7.46. The maximum atomic E-state index is 12.9. The van der Waals surface area contributed by atoms with Crippen molar-refractivity contribution >= 4 is 34.9 Å². The molecule has 2 aliphatic rings. The Hall–Kier alpha value is -3.39. The van der Waals surface area contributed by atoms with E-state index in [0.29, 0.717) is 41.7 Å². The first kappa shape index (κ1) is 18.6. The number of aromatic nitrogens is 3. The molecule has 1 aromatic carbocycles. The Bertz CT molecular complexity index is 1090. The number of pyridine rings is 1. The number of nitrogens with one attached hydrogen (secondary N) is 1. The first-order chi connectivity index (χ1) is 14.6. The summed E-state index contributed by atoms with van der Waals surface area (Å²) in [6, 6.07) is 11.2. The van der Waals surface area contributed by atoms with Gasteiger partial charge in [-0.25, -0.2) is 4.98 Å². The third-order valence-electron chi connectivity index (χ3n) is 5.42. The van der Waals surface area contributed by atoms with Gasteiger partial charge in [0.15, 0.2) is 5.82 Å². The van der Waals surface area contributed by atoms with E-state index >= 15 is 0 Å². The van der Waals surface area contributed by atoms with Crippen molar-refractivity contribution in [2.24, 2.45) is 0 Å². The first-order valence-electron chi connectivity index (χ1n) is 9.65. The largest absolute Gasteiger partial charge is 0.359 e. The average molecular weight is 423 g/mol. The summed E-state index contributed by atoms with van der Waals surface area (Å²) in [5, 5.41) is 7.90. The van der Waals surface area contributed by atoms with Crippen LogP contribution in [0, 0.1) is 0 Å². The maximum absolute atomic E-state index is 12.9. The van der Waals surface area contributed by atoms with Gasteiger partial charge in [-0.15, -0.1) is 0 Å². The highest BCUT2D eigenvalue weighted by atomic mass is 35.5. The van der Waals surface area contributed by atoms with Gasteiger partial charge >= 0.3 is 0 Å². The van der Waals surface area contributed by atoms with Crippen LogP contribution < -0.4 is 10.2 Å². The zero-order valence-electron chi connectivity index (χ0n) is 16.0. The number of amides is 2. The van der Waals surface area contributed by atoms with Crippen LogP contribution in [-0.4, -0.2) is 51.1 Å². The number of rotatable bonds is 4. The molecule has 0 atom stereocenters. The highest BCUT2D eigenvalue weighted by Gasteiger charge is 2.34. The SMILES string of the molecule is O=C(c1cnc2c(c1)N(Cc1ccc(Cl)cc1)C(=O)CN2)N1CC(n2cccn2)C1. The Balaban J connectivity index is 1.36. The summed E-state index contributed by atoms with van der Waals surface area (Å²) >= 11 is 5.96. The van der Waals surface area contributed by atoms with Crippen LogP contribution in [0.15, 0.2) is 55.0 Å². The van der Waals surface area contributed by atoms with Crippen LogP contribution in [0.2, 0.25) is 5.02 Å². The fraction of sp³-hybridized carbons (Fsp3) is 0.238. The van der Waals surface area contributed by atoms with E-state index in [-0.39, 0.29) is 24.4 Å². The molecule has 1 N–H and O–H groups in total. The van der Waals surface area contributed by atoms with E-state index in [0.717, 1.165) is 5.56 Å². The molecule has 0 unspecified atom stereocenters. The summed E-state index contributed by atoms with van der Waals surface area (Å²) in [7, 11) is 0. The van der Waals surface area contributed by atoms with Gasteiger partial charge in [-0.2, -0.15) is 5.10 Å². The Kier molecular flexibility index (Phi) is 4.63. The fourth-order valence-corrected chi connectivity index (χ4v) is 3.84. The number of benzene rings is 1.